The van der Waals surface area contributed by atoms with Crippen LogP contribution in [-0.4, -0.2) is 45.4 Å². The number of nitrogens with zero attached hydrogens (tertiary/aromatic N) is 5. The summed E-state index contributed by atoms with van der Waals surface area (Å²) in [4.78, 5) is 15.3. The molecule has 2 aromatic carbocycles. The van der Waals surface area contributed by atoms with Crippen LogP contribution in [0.5, 0.6) is 5.75 Å². The van der Waals surface area contributed by atoms with Crippen molar-refractivity contribution in [3.63, 3.8) is 0 Å². The van der Waals surface area contributed by atoms with E-state index in [0.717, 1.165) is 24.5 Å². The Bertz CT molecular complexity index is 1260. The predicted octanol–water partition coefficient (Wildman–Crippen LogP) is 3.42. The largest absolute Gasteiger partial charge is 0.488 e. The van der Waals surface area contributed by atoms with Crippen LogP contribution >= 0.6 is 0 Å². The van der Waals surface area contributed by atoms with E-state index >= 15 is 0 Å². The van der Waals surface area contributed by atoms with Gasteiger partial charge >= 0.3 is 0 Å². The number of rotatable bonds is 7. The van der Waals surface area contributed by atoms with E-state index in [9.17, 15) is 9.18 Å². The molecule has 0 aliphatic carbocycles. The fraction of sp³-hybridized carbons (Fsp3) is 0.280. The number of piperidine rings is 1. The van der Waals surface area contributed by atoms with Crippen LogP contribution in [0.25, 0.3) is 5.65 Å². The summed E-state index contributed by atoms with van der Waals surface area (Å²) in [5.41, 5.74) is 1.61. The Kier molecular flexibility index (Phi) is 6.33. The molecule has 174 valence electrons. The van der Waals surface area contributed by atoms with Gasteiger partial charge in [0.2, 0.25) is 5.91 Å². The maximum absolute atomic E-state index is 14.0. The minimum Gasteiger partial charge on any atom is -0.488 e. The normalized spacial score (nSPS) is 15.3. The summed E-state index contributed by atoms with van der Waals surface area (Å²) in [5.74, 6) is 0.448. The van der Waals surface area contributed by atoms with Gasteiger partial charge in [0.25, 0.3) is 0 Å². The van der Waals surface area contributed by atoms with Crippen LogP contribution in [0.4, 0.5) is 10.2 Å². The van der Waals surface area contributed by atoms with Gasteiger partial charge in [-0.1, -0.05) is 42.5 Å². The first-order chi connectivity index (χ1) is 16.7. The minimum absolute atomic E-state index is 0.0205. The molecule has 1 atom stereocenters. The van der Waals surface area contributed by atoms with Gasteiger partial charge in [-0.2, -0.15) is 4.52 Å². The molecule has 0 bridgehead atoms. The van der Waals surface area contributed by atoms with E-state index in [0.29, 0.717) is 18.5 Å². The van der Waals surface area contributed by atoms with Gasteiger partial charge in [-0.15, -0.1) is 15.3 Å². The number of benzene rings is 2. The number of anilines is 1. The molecule has 1 fully saturated rings. The second kappa shape index (κ2) is 9.86. The Morgan fingerprint density at radius 3 is 2.62 bits per heavy atom. The van der Waals surface area contributed by atoms with Gasteiger partial charge in [-0.3, -0.25) is 4.79 Å². The highest BCUT2D eigenvalue weighted by molar-refractivity contribution is 5.79. The van der Waals surface area contributed by atoms with Crippen LogP contribution in [0.1, 0.15) is 24.4 Å². The SMILES string of the molecule is O=C(NC(COc1ccccc1F)c1ccccc1)C1CCN(c2ccc3nncn3n2)CC1. The molecule has 2 aromatic heterocycles. The van der Waals surface area contributed by atoms with Crippen LogP contribution < -0.4 is 15.0 Å². The quantitative estimate of drug-likeness (QED) is 0.455. The van der Waals surface area contributed by atoms with Crippen molar-refractivity contribution in [3.05, 3.63) is 84.4 Å². The molecule has 5 rings (SSSR count). The van der Waals surface area contributed by atoms with Crippen molar-refractivity contribution in [3.8, 4) is 5.75 Å². The number of amides is 1. The summed E-state index contributed by atoms with van der Waals surface area (Å²) < 4.78 is 21.4. The molecule has 1 N–H and O–H groups in total. The van der Waals surface area contributed by atoms with Crippen molar-refractivity contribution in [2.45, 2.75) is 18.9 Å². The number of halogens is 1. The van der Waals surface area contributed by atoms with E-state index < -0.39 is 5.82 Å². The Labute approximate surface area is 196 Å². The summed E-state index contributed by atoms with van der Waals surface area (Å²) in [7, 11) is 0. The first-order valence-corrected chi connectivity index (χ1v) is 11.3. The molecular weight excluding hydrogens is 435 g/mol. The van der Waals surface area contributed by atoms with Crippen molar-refractivity contribution in [1.82, 2.24) is 25.1 Å². The van der Waals surface area contributed by atoms with Crippen molar-refractivity contribution in [2.75, 3.05) is 24.6 Å². The Morgan fingerprint density at radius 2 is 1.82 bits per heavy atom. The average molecular weight is 461 g/mol. The fourth-order valence-corrected chi connectivity index (χ4v) is 4.19. The highest BCUT2D eigenvalue weighted by Crippen LogP contribution is 2.24. The van der Waals surface area contributed by atoms with Crippen LogP contribution in [0.15, 0.2) is 73.1 Å². The highest BCUT2D eigenvalue weighted by atomic mass is 19.1. The lowest BCUT2D eigenvalue weighted by Crippen LogP contribution is -2.43. The topological polar surface area (TPSA) is 84.6 Å². The van der Waals surface area contributed by atoms with Gasteiger partial charge in [0.1, 0.15) is 18.8 Å². The molecular formula is C25H25FN6O2. The average Bonchev–Trinajstić information content (AvgIpc) is 3.36. The lowest BCUT2D eigenvalue weighted by atomic mass is 9.95. The zero-order chi connectivity index (χ0) is 23.3. The van der Waals surface area contributed by atoms with E-state index in [1.807, 2.05) is 42.5 Å². The van der Waals surface area contributed by atoms with Gasteiger partial charge in [-0.25, -0.2) is 4.39 Å². The van der Waals surface area contributed by atoms with Gasteiger partial charge in [0.05, 0.1) is 6.04 Å². The molecule has 0 radical (unpaired) electrons. The lowest BCUT2D eigenvalue weighted by Gasteiger charge is -2.32. The predicted molar refractivity (Wildman–Crippen MR) is 125 cm³/mol. The van der Waals surface area contributed by atoms with Gasteiger partial charge in [-0.05, 0) is 42.7 Å². The van der Waals surface area contributed by atoms with Gasteiger partial charge in [0, 0.05) is 19.0 Å². The van der Waals surface area contributed by atoms with E-state index in [-0.39, 0.29) is 30.2 Å². The third-order valence-corrected chi connectivity index (χ3v) is 6.10. The Balaban J connectivity index is 1.22. The minimum atomic E-state index is -0.425. The summed E-state index contributed by atoms with van der Waals surface area (Å²) >= 11 is 0. The Morgan fingerprint density at radius 1 is 1.06 bits per heavy atom. The standard InChI is InChI=1S/C25H25FN6O2/c26-20-8-4-5-9-22(20)34-16-21(18-6-2-1-3-7-18)28-25(33)19-12-14-31(15-13-19)24-11-10-23-29-27-17-32(23)30-24/h1-11,17,19,21H,12-16H2,(H,28,33). The van der Waals surface area contributed by atoms with E-state index in [2.05, 4.69) is 25.5 Å². The van der Waals surface area contributed by atoms with Gasteiger partial charge in [0.15, 0.2) is 17.2 Å². The molecule has 1 aliphatic heterocycles. The second-order valence-corrected chi connectivity index (χ2v) is 8.30. The van der Waals surface area contributed by atoms with Gasteiger partial charge < -0.3 is 15.0 Å². The zero-order valence-corrected chi connectivity index (χ0v) is 18.5. The molecule has 9 heteroatoms. The fourth-order valence-electron chi connectivity index (χ4n) is 4.19. The summed E-state index contributed by atoms with van der Waals surface area (Å²) in [6.45, 7) is 1.58. The molecule has 0 saturated carbocycles. The van der Waals surface area contributed by atoms with Crippen molar-refractivity contribution in [1.29, 1.82) is 0 Å². The maximum atomic E-state index is 14.0. The molecule has 34 heavy (non-hydrogen) atoms. The summed E-state index contributed by atoms with van der Waals surface area (Å²) in [6.07, 6.45) is 3.00. The molecule has 1 amide bonds. The molecule has 8 nitrogen and oxygen atoms in total. The highest BCUT2D eigenvalue weighted by Gasteiger charge is 2.28. The number of carbonyl (C=O) groups excluding carboxylic acids is 1. The summed E-state index contributed by atoms with van der Waals surface area (Å²) in [5, 5.41) is 15.5. The van der Waals surface area contributed by atoms with Crippen LogP contribution in [-0.2, 0) is 4.79 Å². The summed E-state index contributed by atoms with van der Waals surface area (Å²) in [6, 6.07) is 19.3. The zero-order valence-electron chi connectivity index (χ0n) is 18.5. The number of para-hydroxylation sites is 1. The number of carbonyl (C=O) groups is 1. The molecule has 3 heterocycles. The lowest BCUT2D eigenvalue weighted by molar-refractivity contribution is -0.126. The molecule has 0 spiro atoms. The smallest absolute Gasteiger partial charge is 0.223 e. The first-order valence-electron chi connectivity index (χ1n) is 11.3. The van der Waals surface area contributed by atoms with E-state index in [4.69, 9.17) is 4.74 Å². The number of aromatic nitrogens is 4. The number of nitrogens with one attached hydrogen (secondary N) is 1. The molecule has 1 unspecified atom stereocenters. The monoisotopic (exact) mass is 460 g/mol. The number of hydrogen-bond donors (Lipinski definition) is 1. The van der Waals surface area contributed by atoms with Crippen molar-refractivity contribution < 1.29 is 13.9 Å². The van der Waals surface area contributed by atoms with Crippen molar-refractivity contribution >= 4 is 17.4 Å². The molecule has 4 aromatic rings. The van der Waals surface area contributed by atoms with E-state index in [1.54, 1.807) is 29.0 Å². The molecule has 1 aliphatic rings. The van der Waals surface area contributed by atoms with E-state index in [1.165, 1.54) is 6.07 Å². The number of hydrogen-bond acceptors (Lipinski definition) is 6. The third-order valence-electron chi connectivity index (χ3n) is 6.10. The second-order valence-electron chi connectivity index (χ2n) is 8.30. The number of ether oxygens (including phenoxy) is 1. The number of fused-ring (bicyclic) bond motifs is 1. The van der Waals surface area contributed by atoms with Crippen LogP contribution in [0.3, 0.4) is 0 Å². The third kappa shape index (κ3) is 4.83. The maximum Gasteiger partial charge on any atom is 0.223 e. The van der Waals surface area contributed by atoms with Crippen LogP contribution in [0.2, 0.25) is 0 Å². The molecule has 1 saturated heterocycles. The first kappa shape index (κ1) is 21.8. The Hall–Kier alpha value is -4.01. The van der Waals surface area contributed by atoms with Crippen LogP contribution in [0, 0.1) is 11.7 Å². The van der Waals surface area contributed by atoms with Crippen molar-refractivity contribution in [2.24, 2.45) is 5.92 Å².